The van der Waals surface area contributed by atoms with E-state index in [1.807, 2.05) is 25.1 Å². The quantitative estimate of drug-likeness (QED) is 0.887. The monoisotopic (exact) mass is 263 g/mol. The van der Waals surface area contributed by atoms with Crippen molar-refractivity contribution in [2.75, 3.05) is 20.3 Å². The summed E-state index contributed by atoms with van der Waals surface area (Å²) >= 11 is 0. The topological polar surface area (TPSA) is 44.5 Å². The normalized spacial score (nSPS) is 18.1. The van der Waals surface area contributed by atoms with E-state index in [1.165, 1.54) is 24.8 Å². The molecule has 0 saturated heterocycles. The second-order valence-corrected chi connectivity index (χ2v) is 5.31. The standard InChI is InChI=1S/C16H25NO2/c1-3-19-14-9-7-8-13(18-2)15(14)16(12-17)10-5-4-6-11-16/h7-9H,3-6,10-12,17H2,1-2H3. The van der Waals surface area contributed by atoms with Crippen LogP contribution in [0.15, 0.2) is 18.2 Å². The molecule has 0 bridgehead atoms. The van der Waals surface area contributed by atoms with Gasteiger partial charge in [0.25, 0.3) is 0 Å². The molecule has 19 heavy (non-hydrogen) atoms. The highest BCUT2D eigenvalue weighted by Gasteiger charge is 2.37. The number of ether oxygens (including phenoxy) is 2. The summed E-state index contributed by atoms with van der Waals surface area (Å²) in [7, 11) is 1.72. The van der Waals surface area contributed by atoms with E-state index < -0.39 is 0 Å². The SMILES string of the molecule is CCOc1cccc(OC)c1C1(CN)CCCCC1. The number of benzene rings is 1. The molecule has 2 rings (SSSR count). The molecule has 0 heterocycles. The zero-order valence-electron chi connectivity index (χ0n) is 12.1. The average molecular weight is 263 g/mol. The van der Waals surface area contributed by atoms with Gasteiger partial charge < -0.3 is 15.2 Å². The Morgan fingerprint density at radius 2 is 1.84 bits per heavy atom. The predicted octanol–water partition coefficient (Wildman–Crippen LogP) is 3.25. The van der Waals surface area contributed by atoms with Gasteiger partial charge in [-0.05, 0) is 31.9 Å². The fraction of sp³-hybridized carbons (Fsp3) is 0.625. The molecule has 0 aromatic heterocycles. The maximum atomic E-state index is 6.15. The van der Waals surface area contributed by atoms with Gasteiger partial charge in [-0.25, -0.2) is 0 Å². The zero-order valence-corrected chi connectivity index (χ0v) is 12.1. The van der Waals surface area contributed by atoms with Gasteiger partial charge in [0, 0.05) is 17.5 Å². The zero-order chi connectivity index (χ0) is 13.7. The van der Waals surface area contributed by atoms with Gasteiger partial charge in [0.15, 0.2) is 0 Å². The number of nitrogens with two attached hydrogens (primary N) is 1. The summed E-state index contributed by atoms with van der Waals surface area (Å²) in [6.07, 6.45) is 6.04. The third kappa shape index (κ3) is 2.71. The predicted molar refractivity (Wildman–Crippen MR) is 78.0 cm³/mol. The second kappa shape index (κ2) is 6.29. The summed E-state index contributed by atoms with van der Waals surface area (Å²) in [4.78, 5) is 0. The van der Waals surface area contributed by atoms with Gasteiger partial charge in [-0.2, -0.15) is 0 Å². The van der Waals surface area contributed by atoms with Crippen LogP contribution in [0.1, 0.15) is 44.6 Å². The molecule has 0 amide bonds. The van der Waals surface area contributed by atoms with Crippen molar-refractivity contribution < 1.29 is 9.47 Å². The molecule has 1 fully saturated rings. The first-order valence-electron chi connectivity index (χ1n) is 7.28. The van der Waals surface area contributed by atoms with Crippen molar-refractivity contribution in [1.29, 1.82) is 0 Å². The van der Waals surface area contributed by atoms with Gasteiger partial charge in [-0.3, -0.25) is 0 Å². The summed E-state index contributed by atoms with van der Waals surface area (Å²) in [6, 6.07) is 6.04. The summed E-state index contributed by atoms with van der Waals surface area (Å²) in [6.45, 7) is 3.34. The smallest absolute Gasteiger partial charge is 0.126 e. The summed E-state index contributed by atoms with van der Waals surface area (Å²) in [5.41, 5.74) is 7.35. The van der Waals surface area contributed by atoms with E-state index >= 15 is 0 Å². The molecule has 1 aliphatic carbocycles. The van der Waals surface area contributed by atoms with E-state index in [2.05, 4.69) is 0 Å². The molecule has 3 nitrogen and oxygen atoms in total. The lowest BCUT2D eigenvalue weighted by Gasteiger charge is -2.38. The highest BCUT2D eigenvalue weighted by molar-refractivity contribution is 5.50. The first kappa shape index (κ1) is 14.2. The average Bonchev–Trinajstić information content (AvgIpc) is 2.48. The Kier molecular flexibility index (Phi) is 4.70. The van der Waals surface area contributed by atoms with Crippen LogP contribution in [0.2, 0.25) is 0 Å². The van der Waals surface area contributed by atoms with Crippen LogP contribution < -0.4 is 15.2 Å². The molecule has 3 heteroatoms. The van der Waals surface area contributed by atoms with E-state index in [9.17, 15) is 0 Å². The molecule has 1 saturated carbocycles. The third-order valence-corrected chi connectivity index (χ3v) is 4.24. The minimum Gasteiger partial charge on any atom is -0.496 e. The van der Waals surface area contributed by atoms with Gasteiger partial charge in [0.2, 0.25) is 0 Å². The minimum absolute atomic E-state index is 0.0232. The van der Waals surface area contributed by atoms with Crippen molar-refractivity contribution >= 4 is 0 Å². The van der Waals surface area contributed by atoms with E-state index in [-0.39, 0.29) is 5.41 Å². The van der Waals surface area contributed by atoms with Crippen molar-refractivity contribution in [1.82, 2.24) is 0 Å². The number of rotatable bonds is 5. The third-order valence-electron chi connectivity index (χ3n) is 4.24. The number of hydrogen-bond acceptors (Lipinski definition) is 3. The molecule has 0 spiro atoms. The van der Waals surface area contributed by atoms with Crippen LogP contribution in [0.5, 0.6) is 11.5 Å². The molecule has 2 N–H and O–H groups in total. The molecule has 1 aromatic rings. The fourth-order valence-electron chi connectivity index (χ4n) is 3.26. The van der Waals surface area contributed by atoms with Crippen molar-refractivity contribution in [2.45, 2.75) is 44.4 Å². The molecular formula is C16H25NO2. The van der Waals surface area contributed by atoms with Crippen LogP contribution >= 0.6 is 0 Å². The van der Waals surface area contributed by atoms with Gasteiger partial charge in [-0.1, -0.05) is 25.3 Å². The largest absolute Gasteiger partial charge is 0.496 e. The van der Waals surface area contributed by atoms with Crippen LogP contribution in [0.4, 0.5) is 0 Å². The van der Waals surface area contributed by atoms with E-state index in [4.69, 9.17) is 15.2 Å². The minimum atomic E-state index is 0.0232. The lowest BCUT2D eigenvalue weighted by molar-refractivity contribution is 0.265. The van der Waals surface area contributed by atoms with Crippen molar-refractivity contribution in [3.63, 3.8) is 0 Å². The van der Waals surface area contributed by atoms with Crippen LogP contribution in [0.25, 0.3) is 0 Å². The van der Waals surface area contributed by atoms with Gasteiger partial charge in [-0.15, -0.1) is 0 Å². The Bertz CT molecular complexity index is 411. The molecule has 0 radical (unpaired) electrons. The highest BCUT2D eigenvalue weighted by Crippen LogP contribution is 2.46. The highest BCUT2D eigenvalue weighted by atomic mass is 16.5. The summed E-state index contributed by atoms with van der Waals surface area (Å²) in [5, 5.41) is 0. The Labute approximate surface area is 116 Å². The Balaban J connectivity index is 2.50. The molecular weight excluding hydrogens is 238 g/mol. The van der Waals surface area contributed by atoms with Gasteiger partial charge in [0.05, 0.1) is 13.7 Å². The van der Waals surface area contributed by atoms with E-state index in [0.717, 1.165) is 24.3 Å². The first-order chi connectivity index (χ1) is 9.27. The Morgan fingerprint density at radius 1 is 1.16 bits per heavy atom. The van der Waals surface area contributed by atoms with Crippen LogP contribution in [0, 0.1) is 0 Å². The van der Waals surface area contributed by atoms with E-state index in [0.29, 0.717) is 13.2 Å². The lowest BCUT2D eigenvalue weighted by atomic mass is 9.69. The second-order valence-electron chi connectivity index (χ2n) is 5.31. The van der Waals surface area contributed by atoms with Gasteiger partial charge in [0.1, 0.15) is 11.5 Å². The van der Waals surface area contributed by atoms with Crippen LogP contribution in [-0.2, 0) is 5.41 Å². The van der Waals surface area contributed by atoms with Crippen LogP contribution in [-0.4, -0.2) is 20.3 Å². The molecule has 106 valence electrons. The van der Waals surface area contributed by atoms with Gasteiger partial charge >= 0.3 is 0 Å². The summed E-state index contributed by atoms with van der Waals surface area (Å²) < 4.78 is 11.4. The maximum Gasteiger partial charge on any atom is 0.126 e. The molecule has 0 atom stereocenters. The maximum absolute atomic E-state index is 6.15. The van der Waals surface area contributed by atoms with E-state index in [1.54, 1.807) is 7.11 Å². The lowest BCUT2D eigenvalue weighted by Crippen LogP contribution is -2.37. The van der Waals surface area contributed by atoms with Crippen LogP contribution in [0.3, 0.4) is 0 Å². The first-order valence-corrected chi connectivity index (χ1v) is 7.28. The Hall–Kier alpha value is -1.22. The number of hydrogen-bond donors (Lipinski definition) is 1. The molecule has 1 aliphatic rings. The summed E-state index contributed by atoms with van der Waals surface area (Å²) in [5.74, 6) is 1.85. The molecule has 0 aliphatic heterocycles. The number of methoxy groups -OCH3 is 1. The molecule has 0 unspecified atom stereocenters. The van der Waals surface area contributed by atoms with Crippen molar-refractivity contribution in [3.05, 3.63) is 23.8 Å². The van der Waals surface area contributed by atoms with Crippen molar-refractivity contribution in [2.24, 2.45) is 5.73 Å². The molecule has 1 aromatic carbocycles. The van der Waals surface area contributed by atoms with Crippen molar-refractivity contribution in [3.8, 4) is 11.5 Å². The fourth-order valence-corrected chi connectivity index (χ4v) is 3.26. The Morgan fingerprint density at radius 3 is 2.42 bits per heavy atom.